The molecule has 19 heavy (non-hydrogen) atoms. The zero-order valence-corrected chi connectivity index (χ0v) is 10.5. The molecule has 0 atom stereocenters. The van der Waals surface area contributed by atoms with Crippen LogP contribution < -0.4 is 4.74 Å². The fourth-order valence-electron chi connectivity index (χ4n) is 1.49. The number of carbonyl (C=O) groups is 1. The second-order valence-electron chi connectivity index (χ2n) is 3.77. The van der Waals surface area contributed by atoms with Gasteiger partial charge >= 0.3 is 0 Å². The van der Waals surface area contributed by atoms with Gasteiger partial charge in [-0.25, -0.2) is 8.78 Å². The summed E-state index contributed by atoms with van der Waals surface area (Å²) in [6.45, 7) is -0.413. The number of ether oxygens (including phenoxy) is 1. The van der Waals surface area contributed by atoms with Gasteiger partial charge in [0.1, 0.15) is 17.4 Å². The number of halogens is 3. The SMILES string of the molecule is O=C(COc1ccccc1Cl)c1cc(F)ccc1F. The van der Waals surface area contributed by atoms with E-state index in [2.05, 4.69) is 0 Å². The minimum absolute atomic E-state index is 0.314. The molecule has 0 amide bonds. The van der Waals surface area contributed by atoms with E-state index in [1.165, 1.54) is 0 Å². The number of ketones is 1. The summed E-state index contributed by atoms with van der Waals surface area (Å²) in [6, 6.07) is 9.27. The van der Waals surface area contributed by atoms with Crippen LogP contribution in [-0.4, -0.2) is 12.4 Å². The van der Waals surface area contributed by atoms with Crippen LogP contribution in [-0.2, 0) is 0 Å². The lowest BCUT2D eigenvalue weighted by atomic mass is 10.1. The highest BCUT2D eigenvalue weighted by molar-refractivity contribution is 6.32. The fraction of sp³-hybridized carbons (Fsp3) is 0.0714. The molecule has 0 saturated heterocycles. The largest absolute Gasteiger partial charge is 0.484 e. The average molecular weight is 283 g/mol. The molecule has 0 saturated carbocycles. The maximum absolute atomic E-state index is 13.4. The van der Waals surface area contributed by atoms with Gasteiger partial charge in [-0.1, -0.05) is 23.7 Å². The monoisotopic (exact) mass is 282 g/mol. The van der Waals surface area contributed by atoms with Crippen LogP contribution in [0.3, 0.4) is 0 Å². The van der Waals surface area contributed by atoms with Gasteiger partial charge in [-0.15, -0.1) is 0 Å². The number of Topliss-reactive ketones (excluding diaryl/α,β-unsaturated/α-hetero) is 1. The van der Waals surface area contributed by atoms with Crippen molar-refractivity contribution in [3.05, 3.63) is 64.7 Å². The lowest BCUT2D eigenvalue weighted by molar-refractivity contribution is 0.0917. The molecule has 2 aromatic carbocycles. The third-order valence-electron chi connectivity index (χ3n) is 2.42. The van der Waals surface area contributed by atoms with E-state index >= 15 is 0 Å². The van der Waals surface area contributed by atoms with E-state index in [0.29, 0.717) is 10.8 Å². The molecule has 2 nitrogen and oxygen atoms in total. The van der Waals surface area contributed by atoms with Crippen LogP contribution in [0.2, 0.25) is 5.02 Å². The Morgan fingerprint density at radius 3 is 2.63 bits per heavy atom. The number of benzene rings is 2. The van der Waals surface area contributed by atoms with Gasteiger partial charge in [-0.3, -0.25) is 4.79 Å². The third-order valence-corrected chi connectivity index (χ3v) is 2.74. The van der Waals surface area contributed by atoms with Crippen molar-refractivity contribution in [2.24, 2.45) is 0 Å². The van der Waals surface area contributed by atoms with Gasteiger partial charge in [0, 0.05) is 0 Å². The lowest BCUT2D eigenvalue weighted by Gasteiger charge is -2.07. The van der Waals surface area contributed by atoms with Crippen molar-refractivity contribution < 1.29 is 18.3 Å². The van der Waals surface area contributed by atoms with Gasteiger partial charge < -0.3 is 4.74 Å². The molecule has 0 radical (unpaired) electrons. The van der Waals surface area contributed by atoms with Gasteiger partial charge in [0.05, 0.1) is 10.6 Å². The molecule has 0 aromatic heterocycles. The molecule has 0 aliphatic carbocycles. The first-order chi connectivity index (χ1) is 9.08. The summed E-state index contributed by atoms with van der Waals surface area (Å²) in [5, 5.41) is 0.343. The molecule has 0 unspecified atom stereocenters. The number of hydrogen-bond donors (Lipinski definition) is 0. The maximum Gasteiger partial charge on any atom is 0.203 e. The molecule has 2 aromatic rings. The third kappa shape index (κ3) is 3.29. The zero-order valence-electron chi connectivity index (χ0n) is 9.70. The van der Waals surface area contributed by atoms with Crippen LogP contribution in [0.5, 0.6) is 5.75 Å². The van der Waals surface area contributed by atoms with E-state index in [4.69, 9.17) is 16.3 Å². The molecule has 0 aliphatic rings. The van der Waals surface area contributed by atoms with Crippen molar-refractivity contribution in [3.8, 4) is 5.75 Å². The van der Waals surface area contributed by atoms with Gasteiger partial charge in [-0.05, 0) is 30.3 Å². The fourth-order valence-corrected chi connectivity index (χ4v) is 1.68. The topological polar surface area (TPSA) is 26.3 Å². The van der Waals surface area contributed by atoms with E-state index in [1.54, 1.807) is 24.3 Å². The Kier molecular flexibility index (Phi) is 4.12. The minimum Gasteiger partial charge on any atom is -0.484 e. The van der Waals surface area contributed by atoms with Crippen LogP contribution in [0, 0.1) is 11.6 Å². The molecular weight excluding hydrogens is 274 g/mol. The molecule has 0 heterocycles. The molecule has 0 bridgehead atoms. The van der Waals surface area contributed by atoms with Gasteiger partial charge in [0.15, 0.2) is 6.61 Å². The van der Waals surface area contributed by atoms with E-state index in [9.17, 15) is 13.6 Å². The predicted molar refractivity (Wildman–Crippen MR) is 67.6 cm³/mol. The Morgan fingerprint density at radius 2 is 1.89 bits per heavy atom. The zero-order chi connectivity index (χ0) is 13.8. The smallest absolute Gasteiger partial charge is 0.203 e. The highest BCUT2D eigenvalue weighted by Crippen LogP contribution is 2.23. The van der Waals surface area contributed by atoms with Crippen LogP contribution in [0.15, 0.2) is 42.5 Å². The van der Waals surface area contributed by atoms with Crippen LogP contribution in [0.4, 0.5) is 8.78 Å². The highest BCUT2D eigenvalue weighted by atomic mass is 35.5. The van der Waals surface area contributed by atoms with E-state index in [0.717, 1.165) is 18.2 Å². The molecule has 2 rings (SSSR count). The Bertz CT molecular complexity index is 614. The van der Waals surface area contributed by atoms with Crippen molar-refractivity contribution in [1.82, 2.24) is 0 Å². The standard InChI is InChI=1S/C14H9ClF2O2/c15-11-3-1-2-4-14(11)19-8-13(18)10-7-9(16)5-6-12(10)17/h1-7H,8H2. The first kappa shape index (κ1) is 13.5. The Labute approximate surface area is 113 Å². The molecule has 0 fully saturated rings. The van der Waals surface area contributed by atoms with Crippen molar-refractivity contribution in [2.45, 2.75) is 0 Å². The van der Waals surface area contributed by atoms with Crippen molar-refractivity contribution in [1.29, 1.82) is 0 Å². The molecule has 0 N–H and O–H groups in total. The van der Waals surface area contributed by atoms with Crippen LogP contribution in [0.25, 0.3) is 0 Å². The number of carbonyl (C=O) groups excluding carboxylic acids is 1. The minimum atomic E-state index is -0.783. The summed E-state index contributed by atoms with van der Waals surface area (Å²) < 4.78 is 31.5. The van der Waals surface area contributed by atoms with Crippen molar-refractivity contribution in [3.63, 3.8) is 0 Å². The van der Waals surface area contributed by atoms with Crippen LogP contribution >= 0.6 is 11.6 Å². The normalized spacial score (nSPS) is 10.3. The summed E-state index contributed by atoms with van der Waals surface area (Å²) in [7, 11) is 0. The number of para-hydroxylation sites is 1. The average Bonchev–Trinajstić information content (AvgIpc) is 2.40. The van der Waals surface area contributed by atoms with E-state index < -0.39 is 24.0 Å². The van der Waals surface area contributed by atoms with Crippen molar-refractivity contribution in [2.75, 3.05) is 6.61 Å². The summed E-state index contributed by atoms with van der Waals surface area (Å²) >= 11 is 5.84. The molecule has 0 aliphatic heterocycles. The van der Waals surface area contributed by atoms with E-state index in [-0.39, 0.29) is 5.56 Å². The first-order valence-electron chi connectivity index (χ1n) is 5.43. The quantitative estimate of drug-likeness (QED) is 0.796. The number of hydrogen-bond acceptors (Lipinski definition) is 2. The molecular formula is C14H9ClF2O2. The van der Waals surface area contributed by atoms with Crippen molar-refractivity contribution >= 4 is 17.4 Å². The second kappa shape index (κ2) is 5.80. The predicted octanol–water partition coefficient (Wildman–Crippen LogP) is 3.88. The highest BCUT2D eigenvalue weighted by Gasteiger charge is 2.14. The lowest BCUT2D eigenvalue weighted by Crippen LogP contribution is -2.13. The maximum atomic E-state index is 13.4. The van der Waals surface area contributed by atoms with Gasteiger partial charge in [0.25, 0.3) is 0 Å². The summed E-state index contributed by atoms with van der Waals surface area (Å²) in [4.78, 5) is 11.7. The Balaban J connectivity index is 2.10. The van der Waals surface area contributed by atoms with E-state index in [1.807, 2.05) is 0 Å². The van der Waals surface area contributed by atoms with Crippen LogP contribution in [0.1, 0.15) is 10.4 Å². The Morgan fingerprint density at radius 1 is 1.16 bits per heavy atom. The molecule has 0 spiro atoms. The van der Waals surface area contributed by atoms with Gasteiger partial charge in [0.2, 0.25) is 5.78 Å². The summed E-state index contributed by atoms with van der Waals surface area (Å²) in [5.41, 5.74) is -0.341. The molecule has 98 valence electrons. The van der Waals surface area contributed by atoms with Gasteiger partial charge in [-0.2, -0.15) is 0 Å². The molecule has 5 heteroatoms. The first-order valence-corrected chi connectivity index (χ1v) is 5.81. The Hall–Kier alpha value is -1.94. The number of rotatable bonds is 4. The summed E-state index contributed by atoms with van der Waals surface area (Å²) in [5.74, 6) is -1.80. The summed E-state index contributed by atoms with van der Waals surface area (Å²) in [6.07, 6.45) is 0. The second-order valence-corrected chi connectivity index (χ2v) is 4.17.